The summed E-state index contributed by atoms with van der Waals surface area (Å²) in [5.41, 5.74) is -3.00. The molecule has 0 amide bonds. The summed E-state index contributed by atoms with van der Waals surface area (Å²) in [4.78, 5) is 10.7. The van der Waals surface area contributed by atoms with Crippen molar-refractivity contribution in [2.75, 3.05) is 6.61 Å². The number of rotatable bonds is 7. The summed E-state index contributed by atoms with van der Waals surface area (Å²) in [7, 11) is -4.99. The first-order valence-corrected chi connectivity index (χ1v) is 6.17. The second kappa shape index (κ2) is 6.73. The Hall–Kier alpha value is -0.690. The smallest absolute Gasteiger partial charge is 0.359 e. The topological polar surface area (TPSA) is 80.7 Å². The van der Waals surface area contributed by atoms with Crippen LogP contribution in [-0.2, 0) is 19.6 Å². The van der Waals surface area contributed by atoms with E-state index in [0.717, 1.165) is 19.3 Å². The van der Waals surface area contributed by atoms with Gasteiger partial charge in [0.2, 0.25) is 0 Å². The number of halogens is 1. The monoisotopic (exact) mass is 242 g/mol. The van der Waals surface area contributed by atoms with Gasteiger partial charge in [-0.15, -0.1) is 0 Å². The molecule has 0 spiro atoms. The number of hydrogen-bond acceptors (Lipinski definition) is 4. The molecule has 0 aromatic heterocycles. The van der Waals surface area contributed by atoms with Gasteiger partial charge in [-0.05, 0) is 6.42 Å². The molecule has 0 rings (SSSR count). The lowest BCUT2D eigenvalue weighted by atomic mass is 10.2. The van der Waals surface area contributed by atoms with Gasteiger partial charge in [-0.2, -0.15) is 8.42 Å². The summed E-state index contributed by atoms with van der Waals surface area (Å²) < 4.78 is 45.5. The minimum Gasteiger partial charge on any atom is -0.463 e. The highest BCUT2D eigenvalue weighted by molar-refractivity contribution is 7.87. The first kappa shape index (κ1) is 14.3. The van der Waals surface area contributed by atoms with Gasteiger partial charge in [0.25, 0.3) is 0 Å². The van der Waals surface area contributed by atoms with Crippen LogP contribution in [0.4, 0.5) is 4.39 Å². The van der Waals surface area contributed by atoms with Gasteiger partial charge in [0.15, 0.2) is 0 Å². The van der Waals surface area contributed by atoms with Crippen molar-refractivity contribution in [2.45, 2.75) is 38.1 Å². The molecule has 1 N–H and O–H groups in total. The molecule has 0 bridgehead atoms. The van der Waals surface area contributed by atoms with Crippen molar-refractivity contribution in [1.82, 2.24) is 0 Å². The Labute approximate surface area is 88.4 Å². The number of unbranched alkanes of at least 4 members (excludes halogenated alkanes) is 3. The lowest BCUT2D eigenvalue weighted by Crippen LogP contribution is -2.27. The Morgan fingerprint density at radius 3 is 2.47 bits per heavy atom. The number of hydrogen-bond donors (Lipinski definition) is 1. The molecule has 5 nitrogen and oxygen atoms in total. The van der Waals surface area contributed by atoms with Crippen LogP contribution in [-0.4, -0.2) is 31.1 Å². The lowest BCUT2D eigenvalue weighted by molar-refractivity contribution is -0.146. The van der Waals surface area contributed by atoms with Crippen molar-refractivity contribution < 1.29 is 26.9 Å². The fourth-order valence-electron chi connectivity index (χ4n) is 0.889. The molecule has 0 saturated carbocycles. The molecule has 0 aliphatic carbocycles. The number of alkyl halides is 1. The molecule has 0 aliphatic heterocycles. The molecule has 1 atom stereocenters. The number of carbonyl (C=O) groups excluding carboxylic acids is 1. The molecule has 1 unspecified atom stereocenters. The van der Waals surface area contributed by atoms with Gasteiger partial charge >= 0.3 is 21.6 Å². The molecule has 90 valence electrons. The molecule has 15 heavy (non-hydrogen) atoms. The third-order valence-corrected chi connectivity index (χ3v) is 2.40. The molecule has 0 radical (unpaired) electrons. The van der Waals surface area contributed by atoms with E-state index < -0.39 is 21.6 Å². The standard InChI is InChI=1S/C8H15FO5S/c1-2-3-4-5-6-14-8(10)7(9)15(11,12)13/h7H,2-6H2,1H3,(H,11,12,13). The van der Waals surface area contributed by atoms with Crippen LogP contribution in [0.3, 0.4) is 0 Å². The van der Waals surface area contributed by atoms with E-state index in [1.54, 1.807) is 0 Å². The first-order valence-electron chi connectivity index (χ1n) is 4.66. The molecule has 0 aliphatic rings. The predicted molar refractivity (Wildman–Crippen MR) is 51.5 cm³/mol. The first-order chi connectivity index (χ1) is 6.89. The molecule has 0 aromatic rings. The summed E-state index contributed by atoms with van der Waals surface area (Å²) in [5.74, 6) is -1.56. The van der Waals surface area contributed by atoms with E-state index in [1.165, 1.54) is 0 Å². The van der Waals surface area contributed by atoms with Crippen molar-refractivity contribution in [3.63, 3.8) is 0 Å². The maximum Gasteiger partial charge on any atom is 0.359 e. The Kier molecular flexibility index (Phi) is 6.42. The second-order valence-electron chi connectivity index (χ2n) is 3.06. The minimum atomic E-state index is -4.99. The van der Waals surface area contributed by atoms with Crippen LogP contribution in [0.5, 0.6) is 0 Å². The zero-order chi connectivity index (χ0) is 11.9. The number of esters is 1. The number of carbonyl (C=O) groups is 1. The molecular weight excluding hydrogens is 227 g/mol. The second-order valence-corrected chi connectivity index (χ2v) is 4.50. The van der Waals surface area contributed by atoms with Crippen LogP contribution in [0.1, 0.15) is 32.6 Å². The fourth-order valence-corrected chi connectivity index (χ4v) is 1.20. The van der Waals surface area contributed by atoms with Crippen LogP contribution < -0.4 is 0 Å². The van der Waals surface area contributed by atoms with Crippen LogP contribution in [0.15, 0.2) is 0 Å². The highest BCUT2D eigenvalue weighted by atomic mass is 32.2. The molecule has 0 fully saturated rings. The van der Waals surface area contributed by atoms with Gasteiger partial charge in [0.1, 0.15) is 0 Å². The van der Waals surface area contributed by atoms with Crippen molar-refractivity contribution in [3.05, 3.63) is 0 Å². The average molecular weight is 242 g/mol. The summed E-state index contributed by atoms with van der Waals surface area (Å²) in [6, 6.07) is 0. The summed E-state index contributed by atoms with van der Waals surface area (Å²) >= 11 is 0. The molecule has 0 saturated heterocycles. The van der Waals surface area contributed by atoms with Crippen molar-refractivity contribution in [3.8, 4) is 0 Å². The van der Waals surface area contributed by atoms with E-state index in [-0.39, 0.29) is 6.61 Å². The van der Waals surface area contributed by atoms with E-state index in [2.05, 4.69) is 4.74 Å². The van der Waals surface area contributed by atoms with Crippen molar-refractivity contribution in [2.24, 2.45) is 0 Å². The Morgan fingerprint density at radius 1 is 1.40 bits per heavy atom. The molecule has 0 heterocycles. The van der Waals surface area contributed by atoms with Gasteiger partial charge in [-0.25, -0.2) is 9.18 Å². The van der Waals surface area contributed by atoms with Gasteiger partial charge in [0, 0.05) is 0 Å². The predicted octanol–water partition coefficient (Wildman–Crippen LogP) is 1.29. The van der Waals surface area contributed by atoms with E-state index in [4.69, 9.17) is 4.55 Å². The van der Waals surface area contributed by atoms with Crippen LogP contribution in [0.2, 0.25) is 0 Å². The largest absolute Gasteiger partial charge is 0.463 e. The summed E-state index contributed by atoms with van der Waals surface area (Å²) in [6.07, 6.45) is 3.35. The van der Waals surface area contributed by atoms with Crippen LogP contribution in [0.25, 0.3) is 0 Å². The average Bonchev–Trinajstić information content (AvgIpc) is 2.14. The van der Waals surface area contributed by atoms with E-state index >= 15 is 0 Å². The van der Waals surface area contributed by atoms with Crippen LogP contribution >= 0.6 is 0 Å². The highest BCUT2D eigenvalue weighted by Crippen LogP contribution is 2.05. The Bertz CT molecular complexity index is 287. The van der Waals surface area contributed by atoms with Crippen molar-refractivity contribution in [1.29, 1.82) is 0 Å². The highest BCUT2D eigenvalue weighted by Gasteiger charge is 2.32. The zero-order valence-electron chi connectivity index (χ0n) is 8.48. The van der Waals surface area contributed by atoms with Gasteiger partial charge in [-0.3, -0.25) is 4.55 Å². The third kappa shape index (κ3) is 6.40. The van der Waals surface area contributed by atoms with Gasteiger partial charge in [0.05, 0.1) is 6.61 Å². The van der Waals surface area contributed by atoms with Crippen LogP contribution in [0, 0.1) is 0 Å². The SMILES string of the molecule is CCCCCCOC(=O)C(F)S(=O)(=O)O. The molecular formula is C8H15FO5S. The zero-order valence-corrected chi connectivity index (χ0v) is 9.30. The van der Waals surface area contributed by atoms with Crippen molar-refractivity contribution >= 4 is 16.1 Å². The minimum absolute atomic E-state index is 0.0330. The maximum absolute atomic E-state index is 12.6. The third-order valence-electron chi connectivity index (χ3n) is 1.69. The lowest BCUT2D eigenvalue weighted by Gasteiger charge is -2.05. The Balaban J connectivity index is 3.76. The normalized spacial score (nSPS) is 13.5. The number of ether oxygens (including phenoxy) is 1. The summed E-state index contributed by atoms with van der Waals surface area (Å²) in [5, 5.41) is 0. The maximum atomic E-state index is 12.6. The van der Waals surface area contributed by atoms with Gasteiger partial charge < -0.3 is 4.74 Å². The fraction of sp³-hybridized carbons (Fsp3) is 0.875. The quantitative estimate of drug-likeness (QED) is 0.413. The molecule has 0 aromatic carbocycles. The van der Waals surface area contributed by atoms with E-state index in [1.807, 2.05) is 6.92 Å². The van der Waals surface area contributed by atoms with Gasteiger partial charge in [-0.1, -0.05) is 26.2 Å². The van der Waals surface area contributed by atoms with E-state index in [9.17, 15) is 17.6 Å². The molecule has 7 heteroatoms. The van der Waals surface area contributed by atoms with E-state index in [0.29, 0.717) is 6.42 Å². The summed E-state index contributed by atoms with van der Waals surface area (Å²) in [6.45, 7) is 1.97. The Morgan fingerprint density at radius 2 is 2.00 bits per heavy atom.